The average Bonchev–Trinajstić information content (AvgIpc) is 2.88. The van der Waals surface area contributed by atoms with Crippen LogP contribution in [0.4, 0.5) is 0 Å². The van der Waals surface area contributed by atoms with Gasteiger partial charge in [-0.1, -0.05) is 12.1 Å². The lowest BCUT2D eigenvalue weighted by Gasteiger charge is -2.05. The van der Waals surface area contributed by atoms with Crippen molar-refractivity contribution in [2.45, 2.75) is 5.75 Å². The number of rotatable bonds is 6. The molecule has 0 saturated carbocycles. The van der Waals surface area contributed by atoms with Gasteiger partial charge in [0, 0.05) is 22.9 Å². The zero-order chi connectivity index (χ0) is 12.8. The smallest absolute Gasteiger partial charge is 0.118 e. The Labute approximate surface area is 116 Å². The third-order valence-corrected chi connectivity index (χ3v) is 4.76. The van der Waals surface area contributed by atoms with Crippen LogP contribution in [0.5, 0.6) is 5.75 Å². The van der Waals surface area contributed by atoms with E-state index in [0.717, 1.165) is 23.8 Å². The molecule has 2 N–H and O–H groups in total. The van der Waals surface area contributed by atoms with Crippen LogP contribution in [0.1, 0.15) is 4.88 Å². The molecule has 18 heavy (non-hydrogen) atoms. The largest absolute Gasteiger partial charge is 0.497 e. The predicted octanol–water partition coefficient (Wildman–Crippen LogP) is 3.62. The molecule has 0 saturated heterocycles. The molecule has 0 atom stereocenters. The summed E-state index contributed by atoms with van der Waals surface area (Å²) in [7, 11) is 1.69. The molecular weight excluding hydrogens is 262 g/mol. The zero-order valence-corrected chi connectivity index (χ0v) is 12.0. The first-order valence-electron chi connectivity index (χ1n) is 5.83. The highest BCUT2D eigenvalue weighted by molar-refractivity contribution is 7.98. The van der Waals surface area contributed by atoms with Gasteiger partial charge < -0.3 is 10.5 Å². The summed E-state index contributed by atoms with van der Waals surface area (Å²) in [5.74, 6) is 2.95. The van der Waals surface area contributed by atoms with Crippen molar-refractivity contribution in [2.24, 2.45) is 5.73 Å². The molecule has 2 rings (SSSR count). The molecule has 2 nitrogen and oxygen atoms in total. The van der Waals surface area contributed by atoms with Crippen LogP contribution in [0, 0.1) is 0 Å². The second kappa shape index (κ2) is 6.83. The first kappa shape index (κ1) is 13.5. The Hall–Kier alpha value is -0.970. The number of thiophene rings is 1. The van der Waals surface area contributed by atoms with Crippen molar-refractivity contribution >= 4 is 23.1 Å². The summed E-state index contributed by atoms with van der Waals surface area (Å²) in [6.45, 7) is 0.744. The molecule has 0 aliphatic carbocycles. The van der Waals surface area contributed by atoms with E-state index in [9.17, 15) is 0 Å². The van der Waals surface area contributed by atoms with E-state index >= 15 is 0 Å². The van der Waals surface area contributed by atoms with Gasteiger partial charge in [0.05, 0.1) is 7.11 Å². The maximum Gasteiger partial charge on any atom is 0.118 e. The van der Waals surface area contributed by atoms with E-state index < -0.39 is 0 Å². The number of nitrogens with two attached hydrogens (primary N) is 1. The minimum atomic E-state index is 0.744. The highest BCUT2D eigenvalue weighted by atomic mass is 32.2. The molecule has 2 aromatic rings. The van der Waals surface area contributed by atoms with Gasteiger partial charge in [-0.3, -0.25) is 0 Å². The van der Waals surface area contributed by atoms with Crippen LogP contribution >= 0.6 is 23.1 Å². The van der Waals surface area contributed by atoms with Gasteiger partial charge in [-0.15, -0.1) is 11.3 Å². The van der Waals surface area contributed by atoms with E-state index in [-0.39, 0.29) is 0 Å². The summed E-state index contributed by atoms with van der Waals surface area (Å²) < 4.78 is 5.18. The Balaban J connectivity index is 2.14. The molecule has 0 amide bonds. The van der Waals surface area contributed by atoms with Gasteiger partial charge in [-0.25, -0.2) is 0 Å². The van der Waals surface area contributed by atoms with Gasteiger partial charge in [0.1, 0.15) is 5.75 Å². The van der Waals surface area contributed by atoms with E-state index in [1.807, 2.05) is 35.2 Å². The molecular formula is C14H17NOS2. The Kier molecular flexibility index (Phi) is 5.11. The molecule has 1 heterocycles. The molecule has 0 aliphatic heterocycles. The Bertz CT molecular complexity index is 479. The van der Waals surface area contributed by atoms with Crippen LogP contribution in [-0.4, -0.2) is 19.4 Å². The Morgan fingerprint density at radius 1 is 1.22 bits per heavy atom. The topological polar surface area (TPSA) is 35.2 Å². The Morgan fingerprint density at radius 2 is 2.00 bits per heavy atom. The molecule has 4 heteroatoms. The van der Waals surface area contributed by atoms with Crippen molar-refractivity contribution in [3.05, 3.63) is 40.6 Å². The molecule has 0 fully saturated rings. The fourth-order valence-electron chi connectivity index (χ4n) is 1.73. The van der Waals surface area contributed by atoms with E-state index in [4.69, 9.17) is 10.5 Å². The molecule has 0 unspecified atom stereocenters. The van der Waals surface area contributed by atoms with Crippen molar-refractivity contribution in [2.75, 3.05) is 19.4 Å². The van der Waals surface area contributed by atoms with Crippen LogP contribution in [-0.2, 0) is 5.75 Å². The monoisotopic (exact) mass is 279 g/mol. The van der Waals surface area contributed by atoms with Crippen LogP contribution < -0.4 is 10.5 Å². The van der Waals surface area contributed by atoms with Crippen LogP contribution in [0.15, 0.2) is 35.7 Å². The number of benzene rings is 1. The molecule has 1 aromatic heterocycles. The molecule has 0 radical (unpaired) electrons. The second-order valence-electron chi connectivity index (χ2n) is 3.83. The van der Waals surface area contributed by atoms with Crippen molar-refractivity contribution in [3.8, 4) is 16.9 Å². The van der Waals surface area contributed by atoms with E-state index in [0.29, 0.717) is 0 Å². The lowest BCUT2D eigenvalue weighted by molar-refractivity contribution is 0.415. The van der Waals surface area contributed by atoms with Crippen molar-refractivity contribution in [1.29, 1.82) is 0 Å². The highest BCUT2D eigenvalue weighted by Crippen LogP contribution is 2.32. The number of methoxy groups -OCH3 is 1. The lowest BCUT2D eigenvalue weighted by Crippen LogP contribution is -2.01. The quantitative estimate of drug-likeness (QED) is 0.820. The van der Waals surface area contributed by atoms with E-state index in [1.165, 1.54) is 16.0 Å². The summed E-state index contributed by atoms with van der Waals surface area (Å²) in [6.07, 6.45) is 0. The molecule has 0 bridgehead atoms. The normalized spacial score (nSPS) is 10.6. The van der Waals surface area contributed by atoms with Crippen LogP contribution in [0.3, 0.4) is 0 Å². The third-order valence-electron chi connectivity index (χ3n) is 2.64. The number of thioether (sulfide) groups is 1. The lowest BCUT2D eigenvalue weighted by atomic mass is 10.1. The maximum absolute atomic E-state index is 5.52. The first-order valence-corrected chi connectivity index (χ1v) is 7.87. The minimum absolute atomic E-state index is 0.744. The van der Waals surface area contributed by atoms with Gasteiger partial charge in [-0.2, -0.15) is 11.8 Å². The molecule has 96 valence electrons. The fourth-order valence-corrected chi connectivity index (χ4v) is 3.58. The zero-order valence-electron chi connectivity index (χ0n) is 10.4. The minimum Gasteiger partial charge on any atom is -0.497 e. The van der Waals surface area contributed by atoms with Crippen molar-refractivity contribution in [1.82, 2.24) is 0 Å². The summed E-state index contributed by atoms with van der Waals surface area (Å²) in [5.41, 5.74) is 8.09. The van der Waals surface area contributed by atoms with Crippen molar-refractivity contribution < 1.29 is 4.74 Å². The van der Waals surface area contributed by atoms with E-state index in [1.54, 1.807) is 7.11 Å². The second-order valence-corrected chi connectivity index (χ2v) is 5.93. The summed E-state index contributed by atoms with van der Waals surface area (Å²) in [6, 6.07) is 10.4. The third kappa shape index (κ3) is 3.28. The predicted molar refractivity (Wildman–Crippen MR) is 81.5 cm³/mol. The van der Waals surface area contributed by atoms with Gasteiger partial charge in [0.15, 0.2) is 0 Å². The number of hydrogen-bond acceptors (Lipinski definition) is 4. The summed E-state index contributed by atoms with van der Waals surface area (Å²) in [5, 5.41) is 2.15. The van der Waals surface area contributed by atoms with E-state index in [2.05, 4.69) is 23.6 Å². The standard InChI is InChI=1S/C14H17NOS2/c1-16-12-4-2-11(3-5-12)13-6-8-18-14(13)10-17-9-7-15/h2-6,8H,7,9-10,15H2,1H3. The van der Waals surface area contributed by atoms with Gasteiger partial charge >= 0.3 is 0 Å². The first-order chi connectivity index (χ1) is 8.85. The Morgan fingerprint density at radius 3 is 2.67 bits per heavy atom. The number of ether oxygens (including phenoxy) is 1. The maximum atomic E-state index is 5.52. The molecule has 0 aliphatic rings. The average molecular weight is 279 g/mol. The summed E-state index contributed by atoms with van der Waals surface area (Å²) >= 11 is 3.70. The molecule has 1 aromatic carbocycles. The SMILES string of the molecule is COc1ccc(-c2ccsc2CSCCN)cc1. The summed E-state index contributed by atoms with van der Waals surface area (Å²) in [4.78, 5) is 1.42. The van der Waals surface area contributed by atoms with Gasteiger partial charge in [-0.05, 0) is 34.7 Å². The highest BCUT2D eigenvalue weighted by Gasteiger charge is 2.06. The van der Waals surface area contributed by atoms with Gasteiger partial charge in [0.2, 0.25) is 0 Å². The van der Waals surface area contributed by atoms with Gasteiger partial charge in [0.25, 0.3) is 0 Å². The van der Waals surface area contributed by atoms with Crippen LogP contribution in [0.2, 0.25) is 0 Å². The molecule has 0 spiro atoms. The van der Waals surface area contributed by atoms with Crippen molar-refractivity contribution in [3.63, 3.8) is 0 Å². The fraction of sp³-hybridized carbons (Fsp3) is 0.286. The number of hydrogen-bond donors (Lipinski definition) is 1. The van der Waals surface area contributed by atoms with Crippen LogP contribution in [0.25, 0.3) is 11.1 Å².